The standard InChI is InChI=1S/C121H88N2/c1-6-38-80(8-3)110-111(81(9-4)39-7-2)113(90-54-32-17-33-55-90)119-105-63-37-61-103-115(105)114-102(60-36-62-104(114)118(119)112(110)89-52-30-16-31-53-89)116-107(86-48-26-14-27-49-86)78-106(109(117(103)116)88-50-28-15-29-51-88)87-65-67-91(68-66-87)120-79(5)64-69-108(94-58-34-56-92(70-94)100-74-96(82-40-18-10-19-41-82)72-97(75-100)83-42-20-11-21-43-83)122-121(123-120)95-59-35-57-93(71-95)101-76-98(84-44-22-12-23-45-84)73-99(77-101)85-46-24-13-25-47-85/h6-63,65-78H,2,4,64H2,1,3,5H3,(H,122,123)/b38-6?,80-8?,81-39+,108-69+,120-79?. The van der Waals surface area contributed by atoms with Crippen molar-refractivity contribution in [3.63, 3.8) is 0 Å². The molecule has 1 aliphatic heterocycles. The van der Waals surface area contributed by atoms with Crippen molar-refractivity contribution in [2.75, 3.05) is 0 Å². The van der Waals surface area contributed by atoms with Gasteiger partial charge in [-0.25, -0.2) is 4.99 Å². The maximum atomic E-state index is 5.87. The highest BCUT2D eigenvalue weighted by atomic mass is 15.0. The number of rotatable bonds is 19. The van der Waals surface area contributed by atoms with Gasteiger partial charge in [-0.3, -0.25) is 0 Å². The Morgan fingerprint density at radius 2 is 0.626 bits per heavy atom. The second-order valence-corrected chi connectivity index (χ2v) is 31.9. The van der Waals surface area contributed by atoms with Crippen LogP contribution in [-0.2, 0) is 0 Å². The van der Waals surface area contributed by atoms with E-state index in [0.717, 1.165) is 156 Å². The zero-order valence-corrected chi connectivity index (χ0v) is 69.1. The molecule has 19 aromatic carbocycles. The molecule has 0 radical (unpaired) electrons. The molecule has 0 spiro atoms. The van der Waals surface area contributed by atoms with Crippen molar-refractivity contribution in [2.45, 2.75) is 27.2 Å². The zero-order valence-electron chi connectivity index (χ0n) is 69.1. The van der Waals surface area contributed by atoms with Crippen LogP contribution in [0.2, 0.25) is 0 Å². The van der Waals surface area contributed by atoms with Crippen molar-refractivity contribution in [2.24, 2.45) is 4.99 Å². The molecule has 19 aromatic rings. The first kappa shape index (κ1) is 76.1. The number of allylic oxidation sites excluding steroid dienone is 10. The first-order valence-electron chi connectivity index (χ1n) is 42.6. The second-order valence-electron chi connectivity index (χ2n) is 31.9. The van der Waals surface area contributed by atoms with E-state index >= 15 is 0 Å². The number of nitrogens with one attached hydrogen (secondary N) is 1. The number of amidine groups is 1. The minimum absolute atomic E-state index is 0.645. The normalized spacial score (nSPS) is 13.2. The third-order valence-corrected chi connectivity index (χ3v) is 24.6. The first-order valence-corrected chi connectivity index (χ1v) is 42.6. The molecule has 2 heteroatoms. The number of hydrogen-bond donors (Lipinski definition) is 1. The first-order chi connectivity index (χ1) is 60.8. The second kappa shape index (κ2) is 33.3. The third kappa shape index (κ3) is 14.2. The minimum atomic E-state index is 0.645. The Morgan fingerprint density at radius 3 is 1.05 bits per heavy atom. The fraction of sp³-hybridized carbons (Fsp3) is 0.0331. The molecular weight excluding hydrogens is 1480 g/mol. The predicted molar refractivity (Wildman–Crippen MR) is 530 cm³/mol. The van der Waals surface area contributed by atoms with Crippen LogP contribution in [0, 0.1) is 0 Å². The van der Waals surface area contributed by atoms with E-state index in [9.17, 15) is 0 Å². The van der Waals surface area contributed by atoms with E-state index in [1.807, 2.05) is 12.2 Å². The molecule has 0 bridgehead atoms. The van der Waals surface area contributed by atoms with Crippen LogP contribution in [0.25, 0.3) is 199 Å². The average Bonchev–Trinajstić information content (AvgIpc) is 0.674. The molecule has 0 saturated carbocycles. The topological polar surface area (TPSA) is 24.4 Å². The highest BCUT2D eigenvalue weighted by Gasteiger charge is 2.32. The van der Waals surface area contributed by atoms with Gasteiger partial charge in [0.05, 0.1) is 5.70 Å². The summed E-state index contributed by atoms with van der Waals surface area (Å²) in [7, 11) is 0. The Balaban J connectivity index is 0.798. The van der Waals surface area contributed by atoms with E-state index in [1.165, 1.54) is 81.7 Å². The van der Waals surface area contributed by atoms with Crippen molar-refractivity contribution in [1.29, 1.82) is 0 Å². The minimum Gasteiger partial charge on any atom is -0.339 e. The molecule has 0 aromatic heterocycles. The Bertz CT molecular complexity index is 7380. The Kier molecular flexibility index (Phi) is 20.6. The Labute approximate surface area is 720 Å². The molecule has 0 saturated heterocycles. The summed E-state index contributed by atoms with van der Waals surface area (Å²) in [5.41, 5.74) is 35.6. The smallest absolute Gasteiger partial charge is 0.138 e. The van der Waals surface area contributed by atoms with E-state index in [4.69, 9.17) is 4.99 Å². The highest BCUT2D eigenvalue weighted by molar-refractivity contribution is 6.45. The summed E-state index contributed by atoms with van der Waals surface area (Å²) in [6, 6.07) is 145. The lowest BCUT2D eigenvalue weighted by Gasteiger charge is -2.28. The molecule has 1 heterocycles. The van der Waals surface area contributed by atoms with Crippen LogP contribution < -0.4 is 5.32 Å². The monoisotopic (exact) mass is 1570 g/mol. The number of benzene rings is 19. The molecule has 0 aliphatic carbocycles. The summed E-state index contributed by atoms with van der Waals surface area (Å²) in [4.78, 5) is 5.87. The van der Waals surface area contributed by atoms with Crippen LogP contribution in [0.4, 0.5) is 0 Å². The Hall–Kier alpha value is -15.6. The summed E-state index contributed by atoms with van der Waals surface area (Å²) >= 11 is 0. The fourth-order valence-corrected chi connectivity index (χ4v) is 18.9. The van der Waals surface area contributed by atoms with E-state index in [0.29, 0.717) is 6.42 Å². The van der Waals surface area contributed by atoms with Gasteiger partial charge in [0.25, 0.3) is 0 Å². The van der Waals surface area contributed by atoms with Gasteiger partial charge < -0.3 is 5.32 Å². The molecule has 2 nitrogen and oxygen atoms in total. The van der Waals surface area contributed by atoms with Gasteiger partial charge in [0.15, 0.2) is 0 Å². The van der Waals surface area contributed by atoms with E-state index in [1.54, 1.807) is 0 Å². The van der Waals surface area contributed by atoms with Gasteiger partial charge in [-0.1, -0.05) is 395 Å². The number of fused-ring (bicyclic) bond motifs is 6. The maximum absolute atomic E-state index is 5.87. The van der Waals surface area contributed by atoms with Gasteiger partial charge >= 0.3 is 0 Å². The molecule has 0 unspecified atom stereocenters. The quantitative estimate of drug-likeness (QED) is 0.0487. The van der Waals surface area contributed by atoms with Gasteiger partial charge in [-0.2, -0.15) is 0 Å². The van der Waals surface area contributed by atoms with E-state index in [-0.39, 0.29) is 0 Å². The van der Waals surface area contributed by atoms with Crippen molar-refractivity contribution >= 4 is 82.2 Å². The zero-order chi connectivity index (χ0) is 82.9. The van der Waals surface area contributed by atoms with Gasteiger partial charge in [0, 0.05) is 16.8 Å². The van der Waals surface area contributed by atoms with Crippen LogP contribution in [0.1, 0.15) is 55.0 Å². The van der Waals surface area contributed by atoms with Crippen molar-refractivity contribution in [3.05, 3.63) is 483 Å². The molecule has 123 heavy (non-hydrogen) atoms. The van der Waals surface area contributed by atoms with Gasteiger partial charge in [-0.15, -0.1) is 0 Å². The Morgan fingerprint density at radius 1 is 0.293 bits per heavy atom. The van der Waals surface area contributed by atoms with Crippen molar-refractivity contribution in [3.8, 4) is 122 Å². The predicted octanol–water partition coefficient (Wildman–Crippen LogP) is 33.2. The number of hydrogen-bond acceptors (Lipinski definition) is 2. The highest BCUT2D eigenvalue weighted by Crippen LogP contribution is 2.58. The van der Waals surface area contributed by atoms with Gasteiger partial charge in [0.2, 0.25) is 0 Å². The maximum Gasteiger partial charge on any atom is 0.138 e. The molecule has 1 aliphatic rings. The van der Waals surface area contributed by atoms with Crippen molar-refractivity contribution < 1.29 is 0 Å². The largest absolute Gasteiger partial charge is 0.339 e. The van der Waals surface area contributed by atoms with Crippen LogP contribution in [0.5, 0.6) is 0 Å². The molecular formula is C121H88N2. The van der Waals surface area contributed by atoms with Crippen LogP contribution in [0.3, 0.4) is 0 Å². The SMILES string of the molecule is C=C/C=C(\C=C)c1c(C(C=CC)=CC)c(-c2ccccc2)c2c3cccc4c5c(-c6ccccc6)cc(-c6ccc(C7=C(C)C/C=C(\c8cccc(-c9cc(-c%10ccccc%10)cc(-c%10ccccc%10)c9)c8)N=C(c8cccc(-c9cc(-c%10ccccc%10)cc(-c%10ccccc%10)c9)c8)N7)cc6)c(-c6ccccc6)c5c5cccc(c2c1-c1ccccc1)c5c43. The van der Waals surface area contributed by atoms with Gasteiger partial charge in [0.1, 0.15) is 5.84 Å². The van der Waals surface area contributed by atoms with E-state index in [2.05, 4.69) is 464 Å². The summed E-state index contributed by atoms with van der Waals surface area (Å²) in [5.74, 6) is 0.742. The summed E-state index contributed by atoms with van der Waals surface area (Å²) in [6.07, 6.45) is 15.7. The van der Waals surface area contributed by atoms with Crippen molar-refractivity contribution in [1.82, 2.24) is 5.32 Å². The molecule has 582 valence electrons. The molecule has 20 rings (SSSR count). The molecule has 0 amide bonds. The molecule has 0 fully saturated rings. The lowest BCUT2D eigenvalue weighted by Crippen LogP contribution is -2.25. The number of aliphatic imine (C=N–C) groups is 1. The average molecular weight is 1570 g/mol. The molecule has 1 N–H and O–H groups in total. The summed E-state index contributed by atoms with van der Waals surface area (Å²) in [5, 5.41) is 16.2. The van der Waals surface area contributed by atoms with Crippen LogP contribution in [0.15, 0.2) is 461 Å². The summed E-state index contributed by atoms with van der Waals surface area (Å²) in [6.45, 7) is 15.5. The van der Waals surface area contributed by atoms with E-state index < -0.39 is 0 Å². The fourth-order valence-electron chi connectivity index (χ4n) is 18.9. The van der Waals surface area contributed by atoms with Crippen LogP contribution >= 0.6 is 0 Å². The lowest BCUT2D eigenvalue weighted by molar-refractivity contribution is 1.13. The number of nitrogens with zero attached hydrogens (tertiary/aromatic N) is 1. The molecule has 0 atom stereocenters. The summed E-state index contributed by atoms with van der Waals surface area (Å²) < 4.78 is 0. The third-order valence-electron chi connectivity index (χ3n) is 24.6. The lowest BCUT2D eigenvalue weighted by atomic mass is 9.74. The van der Waals surface area contributed by atoms with Gasteiger partial charge in [-0.05, 0) is 291 Å². The van der Waals surface area contributed by atoms with Crippen LogP contribution in [-0.4, -0.2) is 5.84 Å².